The number of aryl methyl sites for hydroxylation is 1. The zero-order valence-electron chi connectivity index (χ0n) is 19.2. The summed E-state index contributed by atoms with van der Waals surface area (Å²) in [5.74, 6) is 0.796. The fourth-order valence-electron chi connectivity index (χ4n) is 3.64. The molecule has 0 radical (unpaired) electrons. The van der Waals surface area contributed by atoms with Gasteiger partial charge in [0.05, 0.1) is 18.0 Å². The van der Waals surface area contributed by atoms with E-state index in [4.69, 9.17) is 5.14 Å². The molecule has 3 rings (SSSR count). The number of sulfonamides is 1. The maximum Gasteiger partial charge on any atom is 0.346 e. The molecule has 3 aromatic rings. The molecule has 0 bridgehead atoms. The number of primary sulfonamides is 1. The molecule has 0 fully saturated rings. The van der Waals surface area contributed by atoms with Gasteiger partial charge in [-0.1, -0.05) is 76.6 Å². The summed E-state index contributed by atoms with van der Waals surface area (Å²) in [6.45, 7) is 9.35. The number of unbranched alkanes of at least 4 members (excludes halogenated alkanes) is 1. The van der Waals surface area contributed by atoms with Crippen LogP contribution >= 0.6 is 0 Å². The van der Waals surface area contributed by atoms with Gasteiger partial charge in [0.1, 0.15) is 5.82 Å². The van der Waals surface area contributed by atoms with Gasteiger partial charge in [-0.25, -0.2) is 23.0 Å². The maximum atomic E-state index is 13.1. The molecule has 8 heteroatoms. The zero-order valence-corrected chi connectivity index (χ0v) is 20.0. The van der Waals surface area contributed by atoms with Gasteiger partial charge in [-0.2, -0.15) is 5.10 Å². The summed E-state index contributed by atoms with van der Waals surface area (Å²) in [6.07, 6.45) is 2.75. The van der Waals surface area contributed by atoms with Gasteiger partial charge in [-0.05, 0) is 29.0 Å². The summed E-state index contributed by atoms with van der Waals surface area (Å²) < 4.78 is 27.2. The van der Waals surface area contributed by atoms with Crippen molar-refractivity contribution in [3.8, 4) is 11.1 Å². The van der Waals surface area contributed by atoms with Crippen molar-refractivity contribution in [1.29, 1.82) is 0 Å². The molecule has 32 heavy (non-hydrogen) atoms. The van der Waals surface area contributed by atoms with Crippen molar-refractivity contribution in [2.24, 2.45) is 10.6 Å². The maximum absolute atomic E-state index is 13.1. The Morgan fingerprint density at radius 1 is 1.03 bits per heavy atom. The van der Waals surface area contributed by atoms with Crippen molar-refractivity contribution in [2.45, 2.75) is 64.9 Å². The second-order valence-corrected chi connectivity index (χ2v) is 10.9. The number of hydrogen-bond acceptors (Lipinski definition) is 4. The second-order valence-electron chi connectivity index (χ2n) is 9.34. The normalized spacial score (nSPS) is 12.3. The molecule has 7 nitrogen and oxygen atoms in total. The van der Waals surface area contributed by atoms with E-state index in [1.54, 1.807) is 27.4 Å². The highest BCUT2D eigenvalue weighted by Crippen LogP contribution is 2.27. The van der Waals surface area contributed by atoms with E-state index in [1.807, 2.05) is 24.3 Å². The molecule has 2 aromatic carbocycles. The quantitative estimate of drug-likeness (QED) is 0.557. The Kier molecular flexibility index (Phi) is 7.05. The van der Waals surface area contributed by atoms with Crippen LogP contribution in [0.4, 0.5) is 0 Å². The molecule has 0 aliphatic carbocycles. The fourth-order valence-corrected chi connectivity index (χ4v) is 4.40. The van der Waals surface area contributed by atoms with Gasteiger partial charge >= 0.3 is 5.69 Å². The van der Waals surface area contributed by atoms with E-state index >= 15 is 0 Å². The van der Waals surface area contributed by atoms with Gasteiger partial charge in [0, 0.05) is 12.0 Å². The number of rotatable bonds is 8. The van der Waals surface area contributed by atoms with Crippen molar-refractivity contribution in [3.05, 3.63) is 70.4 Å². The molecular weight excluding hydrogens is 424 g/mol. The van der Waals surface area contributed by atoms with Crippen LogP contribution in [0.15, 0.2) is 58.2 Å². The van der Waals surface area contributed by atoms with Crippen LogP contribution < -0.4 is 10.8 Å². The molecule has 0 aliphatic rings. The molecule has 0 aliphatic heterocycles. The van der Waals surface area contributed by atoms with Crippen molar-refractivity contribution in [2.75, 3.05) is 0 Å². The topological polar surface area (TPSA) is 100.0 Å². The lowest BCUT2D eigenvalue weighted by molar-refractivity contribution is 0.317. The lowest BCUT2D eigenvalue weighted by Gasteiger charge is -2.16. The molecule has 0 atom stereocenters. The van der Waals surface area contributed by atoms with E-state index < -0.39 is 10.0 Å². The first-order valence-corrected chi connectivity index (χ1v) is 12.4. The predicted octanol–water partition coefficient (Wildman–Crippen LogP) is 3.80. The van der Waals surface area contributed by atoms with Crippen LogP contribution in [-0.2, 0) is 29.5 Å². The third kappa shape index (κ3) is 5.75. The van der Waals surface area contributed by atoms with E-state index in [0.717, 1.165) is 36.2 Å². The molecule has 0 spiro atoms. The molecule has 1 aromatic heterocycles. The van der Waals surface area contributed by atoms with Crippen LogP contribution in [0.1, 0.15) is 51.9 Å². The first-order valence-electron chi connectivity index (χ1n) is 10.9. The van der Waals surface area contributed by atoms with Crippen molar-refractivity contribution >= 4 is 10.0 Å². The summed E-state index contributed by atoms with van der Waals surface area (Å²) in [5, 5.41) is 9.99. The molecular formula is C24H32N4O3S. The number of nitrogens with zero attached hydrogens (tertiary/aromatic N) is 3. The Morgan fingerprint density at radius 3 is 2.28 bits per heavy atom. The minimum absolute atomic E-state index is 0.0522. The predicted molar refractivity (Wildman–Crippen MR) is 127 cm³/mol. The van der Waals surface area contributed by atoms with E-state index in [1.165, 1.54) is 6.07 Å². The van der Waals surface area contributed by atoms with Crippen molar-refractivity contribution < 1.29 is 8.42 Å². The van der Waals surface area contributed by atoms with Crippen LogP contribution in [0.2, 0.25) is 0 Å². The fraction of sp³-hybridized carbons (Fsp3) is 0.417. The summed E-state index contributed by atoms with van der Waals surface area (Å²) in [5.41, 5.74) is 2.09. The standard InChI is InChI=1S/C24H32N4O3S/c1-5-6-11-22-26-28(17-24(2,3)4)23(29)27(22)16-18-12-14-19(15-13-18)20-9-7-8-10-21(20)32(25,30)31/h7-10,12-15H,5-6,11,16-17H2,1-4H3,(H2,25,30,31). The Bertz CT molecular complexity index is 1230. The Labute approximate surface area is 189 Å². The molecule has 2 N–H and O–H groups in total. The molecule has 0 saturated heterocycles. The van der Waals surface area contributed by atoms with Gasteiger partial charge < -0.3 is 0 Å². The average Bonchev–Trinajstić information content (AvgIpc) is 2.99. The monoisotopic (exact) mass is 456 g/mol. The summed E-state index contributed by atoms with van der Waals surface area (Å²) >= 11 is 0. The van der Waals surface area contributed by atoms with Crippen LogP contribution in [0.5, 0.6) is 0 Å². The first-order chi connectivity index (χ1) is 15.0. The third-order valence-corrected chi connectivity index (χ3v) is 6.15. The van der Waals surface area contributed by atoms with E-state index in [-0.39, 0.29) is 16.0 Å². The highest BCUT2D eigenvalue weighted by atomic mass is 32.2. The first kappa shape index (κ1) is 23.9. The van der Waals surface area contributed by atoms with Gasteiger partial charge in [0.15, 0.2) is 0 Å². The Balaban J connectivity index is 1.93. The summed E-state index contributed by atoms with van der Waals surface area (Å²) in [6, 6.07) is 14.2. The molecule has 0 unspecified atom stereocenters. The molecule has 0 amide bonds. The highest BCUT2D eigenvalue weighted by molar-refractivity contribution is 7.89. The zero-order chi connectivity index (χ0) is 23.5. The second kappa shape index (κ2) is 9.42. The number of nitrogens with two attached hydrogens (primary N) is 1. The van der Waals surface area contributed by atoms with Crippen LogP contribution in [0.25, 0.3) is 11.1 Å². The lowest BCUT2D eigenvalue weighted by Crippen LogP contribution is -2.30. The number of aromatic nitrogens is 3. The van der Waals surface area contributed by atoms with Gasteiger partial charge in [-0.3, -0.25) is 4.57 Å². The van der Waals surface area contributed by atoms with Gasteiger partial charge in [-0.15, -0.1) is 0 Å². The van der Waals surface area contributed by atoms with Gasteiger partial charge in [0.25, 0.3) is 0 Å². The summed E-state index contributed by atoms with van der Waals surface area (Å²) in [4.78, 5) is 13.2. The van der Waals surface area contributed by atoms with Crippen LogP contribution in [0.3, 0.4) is 0 Å². The minimum Gasteiger partial charge on any atom is -0.274 e. The molecule has 1 heterocycles. The van der Waals surface area contributed by atoms with Crippen LogP contribution in [-0.4, -0.2) is 22.8 Å². The van der Waals surface area contributed by atoms with E-state index in [9.17, 15) is 13.2 Å². The van der Waals surface area contributed by atoms with Crippen LogP contribution in [0, 0.1) is 5.41 Å². The number of benzene rings is 2. The molecule has 0 saturated carbocycles. The Morgan fingerprint density at radius 2 is 1.69 bits per heavy atom. The number of hydrogen-bond donors (Lipinski definition) is 1. The lowest BCUT2D eigenvalue weighted by atomic mass is 9.97. The smallest absolute Gasteiger partial charge is 0.274 e. The summed E-state index contributed by atoms with van der Waals surface area (Å²) in [7, 11) is -3.83. The SMILES string of the molecule is CCCCc1nn(CC(C)(C)C)c(=O)n1Cc1ccc(-c2ccccc2S(N)(=O)=O)cc1. The van der Waals surface area contributed by atoms with E-state index in [2.05, 4.69) is 32.8 Å². The van der Waals surface area contributed by atoms with Crippen molar-refractivity contribution in [3.63, 3.8) is 0 Å². The Hall–Kier alpha value is -2.71. The van der Waals surface area contributed by atoms with E-state index in [0.29, 0.717) is 18.7 Å². The molecule has 172 valence electrons. The largest absolute Gasteiger partial charge is 0.346 e. The minimum atomic E-state index is -3.83. The van der Waals surface area contributed by atoms with Gasteiger partial charge in [0.2, 0.25) is 10.0 Å². The average molecular weight is 457 g/mol. The third-order valence-electron chi connectivity index (χ3n) is 5.18. The van der Waals surface area contributed by atoms with Crippen molar-refractivity contribution in [1.82, 2.24) is 14.3 Å². The highest BCUT2D eigenvalue weighted by Gasteiger charge is 2.19.